The van der Waals surface area contributed by atoms with Crippen LogP contribution in [0.5, 0.6) is 0 Å². The SMILES string of the molecule is CC(C)OC(=O)CC(NC(=O)C1CCOCC1)c1ccccc1. The van der Waals surface area contributed by atoms with Crippen LogP contribution in [0, 0.1) is 5.92 Å². The highest BCUT2D eigenvalue weighted by Gasteiger charge is 2.26. The molecule has 1 aromatic carbocycles. The quantitative estimate of drug-likeness (QED) is 0.819. The van der Waals surface area contributed by atoms with Crippen LogP contribution in [-0.2, 0) is 19.1 Å². The molecule has 5 nitrogen and oxygen atoms in total. The third-order valence-corrected chi connectivity index (χ3v) is 3.85. The summed E-state index contributed by atoms with van der Waals surface area (Å²) >= 11 is 0. The summed E-state index contributed by atoms with van der Waals surface area (Å²) in [6, 6.07) is 9.17. The van der Waals surface area contributed by atoms with Crippen molar-refractivity contribution in [2.24, 2.45) is 5.92 Å². The van der Waals surface area contributed by atoms with Crippen molar-refractivity contribution in [3.05, 3.63) is 35.9 Å². The number of carbonyl (C=O) groups excluding carboxylic acids is 2. The number of hydrogen-bond donors (Lipinski definition) is 1. The summed E-state index contributed by atoms with van der Waals surface area (Å²) in [6.45, 7) is 4.86. The lowest BCUT2D eigenvalue weighted by Crippen LogP contribution is -2.37. The van der Waals surface area contributed by atoms with E-state index < -0.39 is 0 Å². The second-order valence-electron chi connectivity index (χ2n) is 6.10. The van der Waals surface area contributed by atoms with Gasteiger partial charge in [0.05, 0.1) is 18.6 Å². The standard InChI is InChI=1S/C18H25NO4/c1-13(2)23-17(20)12-16(14-6-4-3-5-7-14)19-18(21)15-8-10-22-11-9-15/h3-7,13,15-16H,8-12H2,1-2H3,(H,19,21). The van der Waals surface area contributed by atoms with E-state index in [4.69, 9.17) is 9.47 Å². The van der Waals surface area contributed by atoms with Crippen LogP contribution in [0.4, 0.5) is 0 Å². The summed E-state index contributed by atoms with van der Waals surface area (Å²) in [5.41, 5.74) is 0.911. The Bertz CT molecular complexity index is 509. The average Bonchev–Trinajstić information content (AvgIpc) is 2.55. The van der Waals surface area contributed by atoms with E-state index in [1.807, 2.05) is 44.2 Å². The van der Waals surface area contributed by atoms with Gasteiger partial charge in [-0.25, -0.2) is 0 Å². The van der Waals surface area contributed by atoms with Crippen LogP contribution in [0.2, 0.25) is 0 Å². The molecular formula is C18H25NO4. The maximum absolute atomic E-state index is 12.5. The van der Waals surface area contributed by atoms with E-state index in [0.717, 1.165) is 18.4 Å². The van der Waals surface area contributed by atoms with Crippen molar-refractivity contribution in [2.45, 2.75) is 45.3 Å². The predicted molar refractivity (Wildman–Crippen MR) is 86.7 cm³/mol. The van der Waals surface area contributed by atoms with Crippen LogP contribution < -0.4 is 5.32 Å². The fraction of sp³-hybridized carbons (Fsp3) is 0.556. The van der Waals surface area contributed by atoms with E-state index in [-0.39, 0.29) is 36.4 Å². The van der Waals surface area contributed by atoms with Crippen molar-refractivity contribution >= 4 is 11.9 Å². The summed E-state index contributed by atoms with van der Waals surface area (Å²) in [4.78, 5) is 24.5. The number of benzene rings is 1. The van der Waals surface area contributed by atoms with Crippen molar-refractivity contribution in [3.8, 4) is 0 Å². The number of hydrogen-bond acceptors (Lipinski definition) is 4. The second-order valence-corrected chi connectivity index (χ2v) is 6.10. The lowest BCUT2D eigenvalue weighted by molar-refractivity contribution is -0.148. The van der Waals surface area contributed by atoms with E-state index in [2.05, 4.69) is 5.32 Å². The molecule has 0 saturated carbocycles. The molecular weight excluding hydrogens is 294 g/mol. The van der Waals surface area contributed by atoms with Crippen LogP contribution in [0.15, 0.2) is 30.3 Å². The van der Waals surface area contributed by atoms with Gasteiger partial charge in [-0.05, 0) is 32.3 Å². The molecule has 0 aliphatic carbocycles. The predicted octanol–water partition coefficient (Wildman–Crippen LogP) is 2.61. The summed E-state index contributed by atoms with van der Waals surface area (Å²) in [5.74, 6) is -0.364. The van der Waals surface area contributed by atoms with Gasteiger partial charge >= 0.3 is 5.97 Å². The Kier molecular flexibility index (Phi) is 6.59. The van der Waals surface area contributed by atoms with Gasteiger partial charge in [-0.15, -0.1) is 0 Å². The van der Waals surface area contributed by atoms with E-state index in [1.165, 1.54) is 0 Å². The summed E-state index contributed by atoms with van der Waals surface area (Å²) in [7, 11) is 0. The molecule has 1 heterocycles. The number of carbonyl (C=O) groups is 2. The van der Waals surface area contributed by atoms with Crippen LogP contribution in [0.3, 0.4) is 0 Å². The zero-order valence-corrected chi connectivity index (χ0v) is 13.8. The molecule has 23 heavy (non-hydrogen) atoms. The largest absolute Gasteiger partial charge is 0.463 e. The van der Waals surface area contributed by atoms with Gasteiger partial charge in [-0.2, -0.15) is 0 Å². The zero-order chi connectivity index (χ0) is 16.7. The highest BCUT2D eigenvalue weighted by atomic mass is 16.5. The van der Waals surface area contributed by atoms with Gasteiger partial charge in [-0.1, -0.05) is 30.3 Å². The molecule has 1 aliphatic heterocycles. The van der Waals surface area contributed by atoms with Gasteiger partial charge in [-0.3, -0.25) is 9.59 Å². The molecule has 0 spiro atoms. The summed E-state index contributed by atoms with van der Waals surface area (Å²) in [6.07, 6.45) is 1.43. The molecule has 2 rings (SSSR count). The average molecular weight is 319 g/mol. The molecule has 1 amide bonds. The molecule has 1 saturated heterocycles. The Morgan fingerprint density at radius 3 is 2.48 bits per heavy atom. The third kappa shape index (κ3) is 5.67. The smallest absolute Gasteiger partial charge is 0.308 e. The van der Waals surface area contributed by atoms with E-state index >= 15 is 0 Å². The molecule has 0 bridgehead atoms. The van der Waals surface area contributed by atoms with Crippen LogP contribution >= 0.6 is 0 Å². The minimum absolute atomic E-state index is 0.0144. The first-order chi connectivity index (χ1) is 11.1. The van der Waals surface area contributed by atoms with E-state index in [1.54, 1.807) is 0 Å². The van der Waals surface area contributed by atoms with Crippen molar-refractivity contribution in [2.75, 3.05) is 13.2 Å². The molecule has 1 N–H and O–H groups in total. The van der Waals surface area contributed by atoms with Gasteiger partial charge in [0.25, 0.3) is 0 Å². The molecule has 1 atom stereocenters. The molecule has 1 aromatic rings. The lowest BCUT2D eigenvalue weighted by atomic mass is 9.97. The van der Waals surface area contributed by atoms with Gasteiger partial charge in [0, 0.05) is 19.1 Å². The van der Waals surface area contributed by atoms with Crippen LogP contribution in [-0.4, -0.2) is 31.2 Å². The van der Waals surface area contributed by atoms with E-state index in [0.29, 0.717) is 13.2 Å². The molecule has 1 aliphatic rings. The topological polar surface area (TPSA) is 64.6 Å². The minimum Gasteiger partial charge on any atom is -0.463 e. The Morgan fingerprint density at radius 2 is 1.87 bits per heavy atom. The zero-order valence-electron chi connectivity index (χ0n) is 13.8. The first-order valence-corrected chi connectivity index (χ1v) is 8.19. The van der Waals surface area contributed by atoms with Crippen LogP contribution in [0.25, 0.3) is 0 Å². The molecule has 126 valence electrons. The van der Waals surface area contributed by atoms with Crippen molar-refractivity contribution < 1.29 is 19.1 Å². The van der Waals surface area contributed by atoms with Crippen molar-refractivity contribution in [1.29, 1.82) is 0 Å². The first kappa shape index (κ1) is 17.5. The summed E-state index contributed by atoms with van der Waals surface area (Å²) < 4.78 is 10.5. The molecule has 0 aromatic heterocycles. The minimum atomic E-state index is -0.363. The van der Waals surface area contributed by atoms with Crippen molar-refractivity contribution in [3.63, 3.8) is 0 Å². The van der Waals surface area contributed by atoms with Gasteiger partial charge < -0.3 is 14.8 Å². The Morgan fingerprint density at radius 1 is 1.22 bits per heavy atom. The summed E-state index contributed by atoms with van der Waals surface area (Å²) in [5, 5.41) is 3.01. The number of ether oxygens (including phenoxy) is 2. The molecule has 0 radical (unpaired) electrons. The fourth-order valence-electron chi connectivity index (χ4n) is 2.66. The Balaban J connectivity index is 2.03. The monoisotopic (exact) mass is 319 g/mol. The Hall–Kier alpha value is -1.88. The molecule has 1 unspecified atom stereocenters. The van der Waals surface area contributed by atoms with E-state index in [9.17, 15) is 9.59 Å². The lowest BCUT2D eigenvalue weighted by Gasteiger charge is -2.25. The number of esters is 1. The van der Waals surface area contributed by atoms with Crippen molar-refractivity contribution in [1.82, 2.24) is 5.32 Å². The first-order valence-electron chi connectivity index (χ1n) is 8.19. The molecule has 5 heteroatoms. The highest BCUT2D eigenvalue weighted by molar-refractivity contribution is 5.80. The van der Waals surface area contributed by atoms with Gasteiger partial charge in [0.1, 0.15) is 0 Å². The number of nitrogens with one attached hydrogen (secondary N) is 1. The normalized spacial score (nSPS) is 16.8. The van der Waals surface area contributed by atoms with Crippen LogP contribution in [0.1, 0.15) is 44.7 Å². The maximum atomic E-state index is 12.5. The number of rotatable bonds is 6. The maximum Gasteiger partial charge on any atom is 0.308 e. The highest BCUT2D eigenvalue weighted by Crippen LogP contribution is 2.21. The number of amides is 1. The molecule has 1 fully saturated rings. The Labute approximate surface area is 137 Å². The van der Waals surface area contributed by atoms with Gasteiger partial charge in [0.2, 0.25) is 5.91 Å². The fourth-order valence-corrected chi connectivity index (χ4v) is 2.66. The third-order valence-electron chi connectivity index (χ3n) is 3.85. The van der Waals surface area contributed by atoms with Gasteiger partial charge in [0.15, 0.2) is 0 Å². The second kappa shape index (κ2) is 8.67.